The lowest BCUT2D eigenvalue weighted by Gasteiger charge is -2.11. The maximum atomic E-state index is 12.3. The Bertz CT molecular complexity index is 725. The van der Waals surface area contributed by atoms with Gasteiger partial charge in [0.25, 0.3) is 0 Å². The monoisotopic (exact) mass is 367 g/mol. The fourth-order valence-corrected chi connectivity index (χ4v) is 2.93. The zero-order chi connectivity index (χ0) is 18.2. The van der Waals surface area contributed by atoms with E-state index in [1.165, 1.54) is 24.9 Å². The average molecular weight is 367 g/mol. The highest BCUT2D eigenvalue weighted by Crippen LogP contribution is 2.30. The van der Waals surface area contributed by atoms with Crippen LogP contribution in [0.3, 0.4) is 0 Å². The first-order chi connectivity index (χ1) is 12.0. The number of carbonyl (C=O) groups excluding carboxylic acids is 1. The summed E-state index contributed by atoms with van der Waals surface area (Å²) in [6.45, 7) is -0.975. The lowest BCUT2D eigenvalue weighted by Crippen LogP contribution is -2.14. The van der Waals surface area contributed by atoms with Crippen molar-refractivity contribution in [3.63, 3.8) is 0 Å². The third-order valence-corrected chi connectivity index (χ3v) is 4.37. The van der Waals surface area contributed by atoms with E-state index in [1.807, 2.05) is 31.2 Å². The van der Waals surface area contributed by atoms with Gasteiger partial charge in [0.1, 0.15) is 0 Å². The number of hydrogen-bond acceptors (Lipinski definition) is 4. The van der Waals surface area contributed by atoms with Gasteiger partial charge in [-0.25, -0.2) is 0 Å². The van der Waals surface area contributed by atoms with E-state index in [9.17, 15) is 13.6 Å². The average Bonchev–Trinajstić information content (AvgIpc) is 2.57. The number of ether oxygens (including phenoxy) is 2. The normalized spacial score (nSPS) is 10.6. The highest BCUT2D eigenvalue weighted by Gasteiger charge is 2.11. The largest absolute Gasteiger partial charge is 0.493 e. The van der Waals surface area contributed by atoms with Crippen LogP contribution in [0.4, 0.5) is 14.5 Å². The Morgan fingerprint density at radius 3 is 2.64 bits per heavy atom. The molecule has 0 aromatic heterocycles. The number of aryl methyl sites for hydroxylation is 1. The van der Waals surface area contributed by atoms with Crippen LogP contribution in [-0.2, 0) is 10.5 Å². The van der Waals surface area contributed by atoms with Gasteiger partial charge in [-0.1, -0.05) is 24.3 Å². The van der Waals surface area contributed by atoms with Gasteiger partial charge in [0.2, 0.25) is 5.91 Å². The molecule has 0 radical (unpaired) electrons. The summed E-state index contributed by atoms with van der Waals surface area (Å²) in [7, 11) is 1.39. The predicted octanol–water partition coefficient (Wildman–Crippen LogP) is 4.48. The zero-order valence-corrected chi connectivity index (χ0v) is 14.7. The van der Waals surface area contributed by atoms with Crippen LogP contribution in [0, 0.1) is 6.92 Å². The summed E-state index contributed by atoms with van der Waals surface area (Å²) in [4.78, 5) is 12.0. The summed E-state index contributed by atoms with van der Waals surface area (Å²) in [5.41, 5.74) is 2.65. The number of halogens is 2. The van der Waals surface area contributed by atoms with Crippen LogP contribution in [-0.4, -0.2) is 25.4 Å². The number of nitrogens with one attached hydrogen (secondary N) is 1. The minimum absolute atomic E-state index is 0.0106. The molecule has 0 aliphatic rings. The minimum Gasteiger partial charge on any atom is -0.493 e. The van der Waals surface area contributed by atoms with Gasteiger partial charge in [-0.2, -0.15) is 8.78 Å². The topological polar surface area (TPSA) is 47.6 Å². The molecular weight excluding hydrogens is 348 g/mol. The Labute approximate surface area is 149 Å². The van der Waals surface area contributed by atoms with Crippen molar-refractivity contribution in [1.29, 1.82) is 0 Å². The number of alkyl halides is 2. The van der Waals surface area contributed by atoms with Gasteiger partial charge in [0, 0.05) is 11.4 Å². The van der Waals surface area contributed by atoms with E-state index in [1.54, 1.807) is 12.1 Å². The first-order valence-electron chi connectivity index (χ1n) is 7.54. The van der Waals surface area contributed by atoms with Gasteiger partial charge in [-0.05, 0) is 36.2 Å². The maximum absolute atomic E-state index is 12.3. The first kappa shape index (κ1) is 19.1. The van der Waals surface area contributed by atoms with E-state index in [4.69, 9.17) is 4.74 Å². The molecule has 25 heavy (non-hydrogen) atoms. The van der Waals surface area contributed by atoms with Gasteiger partial charge in [-0.15, -0.1) is 11.8 Å². The Balaban J connectivity index is 1.87. The third-order valence-electron chi connectivity index (χ3n) is 3.37. The smallest absolute Gasteiger partial charge is 0.387 e. The number of hydrogen-bond donors (Lipinski definition) is 1. The van der Waals surface area contributed by atoms with Crippen molar-refractivity contribution in [1.82, 2.24) is 0 Å². The molecule has 0 spiro atoms. The minimum atomic E-state index is -2.90. The van der Waals surface area contributed by atoms with Gasteiger partial charge >= 0.3 is 6.61 Å². The Kier molecular flexibility index (Phi) is 7.06. The van der Waals surface area contributed by atoms with Crippen LogP contribution >= 0.6 is 11.8 Å². The van der Waals surface area contributed by atoms with E-state index in [-0.39, 0.29) is 23.2 Å². The van der Waals surface area contributed by atoms with Crippen molar-refractivity contribution in [2.75, 3.05) is 18.2 Å². The molecule has 0 heterocycles. The van der Waals surface area contributed by atoms with Crippen molar-refractivity contribution >= 4 is 23.4 Å². The lowest BCUT2D eigenvalue weighted by molar-refractivity contribution is -0.113. The summed E-state index contributed by atoms with van der Waals surface area (Å²) in [5, 5.41) is 2.86. The van der Waals surface area contributed by atoms with Crippen LogP contribution in [0.25, 0.3) is 0 Å². The van der Waals surface area contributed by atoms with E-state index >= 15 is 0 Å². The van der Waals surface area contributed by atoms with Crippen LogP contribution in [0.1, 0.15) is 11.1 Å². The van der Waals surface area contributed by atoms with E-state index in [2.05, 4.69) is 10.1 Å². The number of rotatable bonds is 8. The lowest BCUT2D eigenvalue weighted by atomic mass is 10.2. The molecule has 0 bridgehead atoms. The van der Waals surface area contributed by atoms with Gasteiger partial charge in [-0.3, -0.25) is 4.79 Å². The number of methoxy groups -OCH3 is 1. The van der Waals surface area contributed by atoms with Crippen molar-refractivity contribution in [2.24, 2.45) is 0 Å². The summed E-state index contributed by atoms with van der Waals surface area (Å²) in [6.07, 6.45) is 0. The molecule has 0 unspecified atom stereocenters. The molecular formula is C18H19F2NO3S. The van der Waals surface area contributed by atoms with Crippen LogP contribution < -0.4 is 14.8 Å². The molecule has 0 saturated carbocycles. The molecule has 0 aliphatic carbocycles. The van der Waals surface area contributed by atoms with E-state index < -0.39 is 6.61 Å². The first-order valence-corrected chi connectivity index (χ1v) is 8.70. The highest BCUT2D eigenvalue weighted by molar-refractivity contribution is 7.99. The second kappa shape index (κ2) is 9.27. The summed E-state index contributed by atoms with van der Waals surface area (Å²) in [6, 6.07) is 12.3. The number of para-hydroxylation sites is 1. The van der Waals surface area contributed by atoms with Crippen molar-refractivity contribution in [2.45, 2.75) is 19.3 Å². The molecule has 134 valence electrons. The van der Waals surface area contributed by atoms with E-state index in [0.717, 1.165) is 16.8 Å². The van der Waals surface area contributed by atoms with E-state index in [0.29, 0.717) is 5.75 Å². The molecule has 0 aliphatic heterocycles. The molecule has 2 aromatic carbocycles. The van der Waals surface area contributed by atoms with Crippen molar-refractivity contribution in [3.05, 3.63) is 53.6 Å². The second-order valence-electron chi connectivity index (χ2n) is 5.22. The van der Waals surface area contributed by atoms with Gasteiger partial charge < -0.3 is 14.8 Å². The molecule has 0 atom stereocenters. The number of amides is 1. The molecule has 0 saturated heterocycles. The number of anilines is 1. The molecule has 1 N–H and O–H groups in total. The molecule has 2 aromatic rings. The van der Waals surface area contributed by atoms with Crippen molar-refractivity contribution < 1.29 is 23.0 Å². The summed E-state index contributed by atoms with van der Waals surface area (Å²) in [5.74, 6) is 0.966. The standard InChI is InChI=1S/C18H19F2NO3S/c1-12-5-3-4-6-14(12)21-17(22)11-25-10-13-7-8-15(24-18(19)20)16(9-13)23-2/h3-9,18H,10-11H2,1-2H3,(H,21,22). The number of carbonyl (C=O) groups is 1. The zero-order valence-electron chi connectivity index (χ0n) is 13.9. The molecule has 4 nitrogen and oxygen atoms in total. The number of benzene rings is 2. The third kappa shape index (κ3) is 5.94. The fraction of sp³-hybridized carbons (Fsp3) is 0.278. The molecule has 0 fully saturated rings. The quantitative estimate of drug-likeness (QED) is 0.747. The summed E-state index contributed by atoms with van der Waals surface area (Å²) >= 11 is 1.42. The Hall–Kier alpha value is -2.28. The molecule has 1 amide bonds. The molecule has 7 heteroatoms. The van der Waals surface area contributed by atoms with Crippen LogP contribution in [0.2, 0.25) is 0 Å². The SMILES string of the molecule is COc1cc(CSCC(=O)Nc2ccccc2C)ccc1OC(F)F. The van der Waals surface area contributed by atoms with Crippen molar-refractivity contribution in [3.8, 4) is 11.5 Å². The van der Waals surface area contributed by atoms with Gasteiger partial charge in [0.15, 0.2) is 11.5 Å². The number of thioether (sulfide) groups is 1. The maximum Gasteiger partial charge on any atom is 0.387 e. The fourth-order valence-electron chi connectivity index (χ4n) is 2.16. The van der Waals surface area contributed by atoms with Gasteiger partial charge in [0.05, 0.1) is 12.9 Å². The summed E-state index contributed by atoms with van der Waals surface area (Å²) < 4.78 is 34.1. The Morgan fingerprint density at radius 2 is 1.96 bits per heavy atom. The van der Waals surface area contributed by atoms with Crippen LogP contribution in [0.15, 0.2) is 42.5 Å². The highest BCUT2D eigenvalue weighted by atomic mass is 32.2. The predicted molar refractivity (Wildman–Crippen MR) is 95.6 cm³/mol. The van der Waals surface area contributed by atoms with Crippen LogP contribution in [0.5, 0.6) is 11.5 Å². The second-order valence-corrected chi connectivity index (χ2v) is 6.21. The molecule has 2 rings (SSSR count). The Morgan fingerprint density at radius 1 is 1.20 bits per heavy atom.